The summed E-state index contributed by atoms with van der Waals surface area (Å²) in [6.45, 7) is 4.39. The van der Waals surface area contributed by atoms with Crippen LogP contribution >= 0.6 is 0 Å². The predicted octanol–water partition coefficient (Wildman–Crippen LogP) is 4.16. The molecule has 2 atom stereocenters. The summed E-state index contributed by atoms with van der Waals surface area (Å²) in [6, 6.07) is 3.00. The number of nitrogens with one attached hydrogen (secondary N) is 3. The van der Waals surface area contributed by atoms with Gasteiger partial charge in [0, 0.05) is 30.4 Å². The Kier molecular flexibility index (Phi) is 7.07. The number of carbonyl (C=O) groups is 1. The summed E-state index contributed by atoms with van der Waals surface area (Å²) < 4.78 is 71.0. The van der Waals surface area contributed by atoms with Crippen LogP contribution in [0, 0.1) is 5.82 Å². The lowest BCUT2D eigenvalue weighted by Crippen LogP contribution is -2.30. The molecule has 10 nitrogen and oxygen atoms in total. The molecule has 3 aromatic heterocycles. The Morgan fingerprint density at radius 2 is 1.88 bits per heavy atom. The third kappa shape index (κ3) is 5.21. The van der Waals surface area contributed by atoms with E-state index >= 15 is 4.39 Å². The molecule has 4 heterocycles. The average molecular weight is 590 g/mol. The minimum atomic E-state index is -4.96. The van der Waals surface area contributed by atoms with Crippen molar-refractivity contribution >= 4 is 28.2 Å². The van der Waals surface area contributed by atoms with Crippen LogP contribution in [0.25, 0.3) is 22.2 Å². The number of aromatic amines is 1. The molecular weight excluding hydrogens is 565 g/mol. The number of carbonyl (C=O) groups excluding carboxylic acids is 1. The molecule has 5 rings (SSSR count). The normalized spacial score (nSPS) is 15.8. The highest BCUT2D eigenvalue weighted by atomic mass is 19.4. The number of halogens is 5. The minimum absolute atomic E-state index is 0.00265. The first-order chi connectivity index (χ1) is 19.7. The van der Waals surface area contributed by atoms with Gasteiger partial charge < -0.3 is 15.2 Å². The van der Waals surface area contributed by atoms with Crippen molar-refractivity contribution in [2.75, 3.05) is 10.6 Å². The zero-order valence-corrected chi connectivity index (χ0v) is 22.4. The largest absolute Gasteiger partial charge is 0.423 e. The van der Waals surface area contributed by atoms with E-state index in [2.05, 4.69) is 25.7 Å². The summed E-state index contributed by atoms with van der Waals surface area (Å²) in [5, 5.41) is 10.5. The van der Waals surface area contributed by atoms with Crippen LogP contribution in [0.4, 0.5) is 33.5 Å². The maximum Gasteiger partial charge on any atom is 0.423 e. The van der Waals surface area contributed by atoms with Crippen molar-refractivity contribution in [1.82, 2.24) is 24.7 Å². The molecule has 0 fully saturated rings. The number of aromatic nitrogens is 5. The van der Waals surface area contributed by atoms with Crippen molar-refractivity contribution < 1.29 is 26.7 Å². The molecule has 4 aromatic rings. The molecule has 0 saturated heterocycles. The second kappa shape index (κ2) is 10.3. The Hall–Kier alpha value is -4.69. The quantitative estimate of drug-likeness (QED) is 0.276. The van der Waals surface area contributed by atoms with Gasteiger partial charge >= 0.3 is 6.18 Å². The molecule has 1 aliphatic rings. The van der Waals surface area contributed by atoms with E-state index in [0.717, 1.165) is 16.8 Å². The Morgan fingerprint density at radius 1 is 1.14 bits per heavy atom. The lowest BCUT2D eigenvalue weighted by molar-refractivity contribution is -0.138. The lowest BCUT2D eigenvalue weighted by atomic mass is 9.88. The topological polar surface area (TPSA) is 135 Å². The van der Waals surface area contributed by atoms with E-state index in [-0.39, 0.29) is 34.9 Å². The minimum Gasteiger partial charge on any atom is -0.381 e. The van der Waals surface area contributed by atoms with Gasteiger partial charge in [0.1, 0.15) is 23.4 Å². The van der Waals surface area contributed by atoms with Crippen molar-refractivity contribution in [1.29, 1.82) is 0 Å². The number of amides is 1. The molecular formula is C27H24F5N7O3. The van der Waals surface area contributed by atoms with E-state index in [1.807, 2.05) is 0 Å². The van der Waals surface area contributed by atoms with E-state index < -0.39 is 58.5 Å². The first-order valence-electron chi connectivity index (χ1n) is 12.7. The highest BCUT2D eigenvalue weighted by Crippen LogP contribution is 2.37. The van der Waals surface area contributed by atoms with Crippen LogP contribution in [0.5, 0.6) is 0 Å². The predicted molar refractivity (Wildman–Crippen MR) is 143 cm³/mol. The van der Waals surface area contributed by atoms with Gasteiger partial charge in [-0.05, 0) is 44.4 Å². The number of hydrogen-bond acceptors (Lipinski definition) is 7. The molecule has 42 heavy (non-hydrogen) atoms. The summed E-state index contributed by atoms with van der Waals surface area (Å²) in [6.07, 6.45) is -3.40. The summed E-state index contributed by atoms with van der Waals surface area (Å²) in [4.78, 5) is 45.4. The summed E-state index contributed by atoms with van der Waals surface area (Å²) in [5.41, 5.74) is -4.47. The fraction of sp³-hybridized carbons (Fsp3) is 0.333. The summed E-state index contributed by atoms with van der Waals surface area (Å²) >= 11 is 0. The molecule has 0 saturated carbocycles. The molecule has 220 valence electrons. The molecule has 3 N–H and O–H groups in total. The van der Waals surface area contributed by atoms with Crippen LogP contribution < -0.4 is 21.8 Å². The molecule has 0 unspecified atom stereocenters. The van der Waals surface area contributed by atoms with Crippen molar-refractivity contribution in [2.24, 2.45) is 0 Å². The Balaban J connectivity index is 1.34. The number of fused-ring (bicyclic) bond motifs is 2. The van der Waals surface area contributed by atoms with Crippen molar-refractivity contribution in [3.05, 3.63) is 74.4 Å². The monoisotopic (exact) mass is 589 g/mol. The van der Waals surface area contributed by atoms with E-state index in [9.17, 15) is 31.9 Å². The van der Waals surface area contributed by atoms with Crippen LogP contribution in [-0.2, 0) is 22.9 Å². The van der Waals surface area contributed by atoms with E-state index in [1.165, 1.54) is 31.5 Å². The fourth-order valence-corrected chi connectivity index (χ4v) is 4.86. The van der Waals surface area contributed by atoms with Crippen molar-refractivity contribution in [2.45, 2.75) is 57.5 Å². The number of benzene rings is 1. The number of alkyl halides is 4. The number of hydrogen-bond donors (Lipinski definition) is 3. The second-order valence-electron chi connectivity index (χ2n) is 10.6. The van der Waals surface area contributed by atoms with Crippen LogP contribution in [0.15, 0.2) is 46.4 Å². The second-order valence-corrected chi connectivity index (χ2v) is 10.6. The molecule has 0 bridgehead atoms. The zero-order valence-electron chi connectivity index (χ0n) is 22.4. The lowest BCUT2D eigenvalue weighted by Gasteiger charge is -2.20. The van der Waals surface area contributed by atoms with Crippen LogP contribution in [0.2, 0.25) is 0 Å². The SMILES string of the molecule is C[C@@H](C[C@H](F)Cn1ccc2cc(-c3ncc4c(n3)NC(=O)C4(C)C)c(F)cc2c1=O)Nc1cn[nH]c(=O)c1C(F)(F)F. The third-order valence-corrected chi connectivity index (χ3v) is 7.11. The molecule has 0 radical (unpaired) electrons. The number of nitrogens with zero attached hydrogens (tertiary/aromatic N) is 4. The molecule has 1 aromatic carbocycles. The molecule has 0 spiro atoms. The van der Waals surface area contributed by atoms with Gasteiger partial charge in [-0.15, -0.1) is 0 Å². The number of rotatable bonds is 7. The van der Waals surface area contributed by atoms with E-state index in [4.69, 9.17) is 0 Å². The third-order valence-electron chi connectivity index (χ3n) is 7.11. The zero-order chi connectivity index (χ0) is 30.6. The van der Waals surface area contributed by atoms with Crippen molar-refractivity contribution in [3.63, 3.8) is 0 Å². The first kappa shape index (κ1) is 28.8. The highest BCUT2D eigenvalue weighted by molar-refractivity contribution is 6.04. The Bertz CT molecular complexity index is 1830. The van der Waals surface area contributed by atoms with Crippen molar-refractivity contribution in [3.8, 4) is 11.4 Å². The van der Waals surface area contributed by atoms with Gasteiger partial charge in [0.15, 0.2) is 5.82 Å². The van der Waals surface area contributed by atoms with E-state index in [0.29, 0.717) is 10.9 Å². The maximum atomic E-state index is 15.2. The first-order valence-corrected chi connectivity index (χ1v) is 12.7. The molecule has 1 amide bonds. The molecule has 0 aliphatic carbocycles. The average Bonchev–Trinajstić information content (AvgIpc) is 3.12. The van der Waals surface area contributed by atoms with Crippen LogP contribution in [0.3, 0.4) is 0 Å². The Morgan fingerprint density at radius 3 is 2.60 bits per heavy atom. The number of anilines is 2. The van der Waals surface area contributed by atoms with Gasteiger partial charge in [0.05, 0.1) is 34.8 Å². The summed E-state index contributed by atoms with van der Waals surface area (Å²) in [7, 11) is 0. The highest BCUT2D eigenvalue weighted by Gasteiger charge is 2.40. The van der Waals surface area contributed by atoms with Gasteiger partial charge in [-0.2, -0.15) is 18.3 Å². The summed E-state index contributed by atoms with van der Waals surface area (Å²) in [5.74, 6) is -0.793. The molecule has 1 aliphatic heterocycles. The van der Waals surface area contributed by atoms with Gasteiger partial charge in [-0.25, -0.2) is 23.8 Å². The van der Waals surface area contributed by atoms with Crippen LogP contribution in [-0.4, -0.2) is 42.9 Å². The van der Waals surface area contributed by atoms with Gasteiger partial charge in [-0.3, -0.25) is 14.4 Å². The fourth-order valence-electron chi connectivity index (χ4n) is 4.86. The number of pyridine rings is 1. The van der Waals surface area contributed by atoms with E-state index in [1.54, 1.807) is 18.9 Å². The number of H-pyrrole nitrogens is 1. The molecule has 15 heteroatoms. The van der Waals surface area contributed by atoms with Gasteiger partial charge in [0.2, 0.25) is 5.91 Å². The van der Waals surface area contributed by atoms with Crippen LogP contribution in [0.1, 0.15) is 38.3 Å². The standard InChI is InChI=1S/C27H24F5N7O3/c1-12(35-19-10-34-38-23(40)20(19)27(30,31)32)6-14(28)11-39-5-4-13-7-16(18(29)8-15(13)24(39)41)21-33-9-17-22(36-21)37-25(42)26(17,2)3/h4-5,7-10,12,14H,6,11H2,1-3H3,(H2,35,38,40)(H,33,36,37,42)/t12-,14-/m0/s1. The van der Waals surface area contributed by atoms with Gasteiger partial charge in [-0.1, -0.05) is 0 Å². The van der Waals surface area contributed by atoms with Gasteiger partial charge in [0.25, 0.3) is 11.1 Å². The maximum absolute atomic E-state index is 15.2. The smallest absolute Gasteiger partial charge is 0.381 e. The Labute approximate surface area is 234 Å².